The standard InChI is InChI=1S/C14H23N3O2/c1-4-16-14(18)11-6-7-13(12(15)8-11)17-9-10(3)19-5-2/h6-8,10,17H,4-5,9,15H2,1-3H3,(H,16,18). The predicted octanol–water partition coefficient (Wildman–Crippen LogP) is 1.86. The lowest BCUT2D eigenvalue weighted by Gasteiger charge is -2.15. The Balaban J connectivity index is 2.64. The Morgan fingerprint density at radius 3 is 2.74 bits per heavy atom. The van der Waals surface area contributed by atoms with Crippen molar-refractivity contribution in [2.45, 2.75) is 26.9 Å². The van der Waals surface area contributed by atoms with Gasteiger partial charge in [-0.3, -0.25) is 4.79 Å². The van der Waals surface area contributed by atoms with Crippen LogP contribution in [0.25, 0.3) is 0 Å². The molecule has 19 heavy (non-hydrogen) atoms. The molecule has 0 aromatic heterocycles. The number of carbonyl (C=O) groups is 1. The highest BCUT2D eigenvalue weighted by atomic mass is 16.5. The van der Waals surface area contributed by atoms with Gasteiger partial charge < -0.3 is 21.1 Å². The van der Waals surface area contributed by atoms with E-state index in [4.69, 9.17) is 10.5 Å². The van der Waals surface area contributed by atoms with Crippen LogP contribution in [-0.4, -0.2) is 31.7 Å². The van der Waals surface area contributed by atoms with E-state index in [1.165, 1.54) is 0 Å². The molecule has 1 aromatic carbocycles. The third kappa shape index (κ3) is 4.79. The fourth-order valence-corrected chi connectivity index (χ4v) is 1.72. The zero-order valence-electron chi connectivity index (χ0n) is 11.8. The molecule has 5 heteroatoms. The zero-order valence-corrected chi connectivity index (χ0v) is 11.8. The minimum Gasteiger partial charge on any atom is -0.397 e. The second kappa shape index (κ2) is 7.63. The van der Waals surface area contributed by atoms with Crippen LogP contribution in [0.3, 0.4) is 0 Å². The van der Waals surface area contributed by atoms with Crippen LogP contribution in [0.15, 0.2) is 18.2 Å². The van der Waals surface area contributed by atoms with E-state index in [1.54, 1.807) is 12.1 Å². The summed E-state index contributed by atoms with van der Waals surface area (Å²) in [4.78, 5) is 11.7. The number of carbonyl (C=O) groups excluding carboxylic acids is 1. The van der Waals surface area contributed by atoms with Crippen LogP contribution in [0.1, 0.15) is 31.1 Å². The molecule has 5 nitrogen and oxygen atoms in total. The lowest BCUT2D eigenvalue weighted by atomic mass is 10.1. The molecular formula is C14H23N3O2. The van der Waals surface area contributed by atoms with Gasteiger partial charge in [-0.15, -0.1) is 0 Å². The van der Waals surface area contributed by atoms with Gasteiger partial charge in [-0.25, -0.2) is 0 Å². The molecule has 1 unspecified atom stereocenters. The molecule has 0 aliphatic heterocycles. The molecule has 0 fully saturated rings. The Kier molecular flexibility index (Phi) is 6.15. The van der Waals surface area contributed by atoms with E-state index in [0.29, 0.717) is 30.9 Å². The van der Waals surface area contributed by atoms with Crippen LogP contribution in [0.4, 0.5) is 11.4 Å². The molecule has 1 rings (SSSR count). The Morgan fingerprint density at radius 1 is 1.42 bits per heavy atom. The van der Waals surface area contributed by atoms with Crippen molar-refractivity contribution in [3.63, 3.8) is 0 Å². The number of ether oxygens (including phenoxy) is 1. The van der Waals surface area contributed by atoms with E-state index < -0.39 is 0 Å². The van der Waals surface area contributed by atoms with Gasteiger partial charge in [-0.2, -0.15) is 0 Å². The minimum atomic E-state index is -0.108. The fraction of sp³-hybridized carbons (Fsp3) is 0.500. The van der Waals surface area contributed by atoms with Gasteiger partial charge in [-0.1, -0.05) is 0 Å². The van der Waals surface area contributed by atoms with E-state index >= 15 is 0 Å². The van der Waals surface area contributed by atoms with Gasteiger partial charge in [0.05, 0.1) is 17.5 Å². The Bertz CT molecular complexity index is 421. The van der Waals surface area contributed by atoms with Crippen molar-refractivity contribution in [1.82, 2.24) is 5.32 Å². The Hall–Kier alpha value is -1.75. The van der Waals surface area contributed by atoms with E-state index in [1.807, 2.05) is 26.8 Å². The molecule has 0 spiro atoms. The molecular weight excluding hydrogens is 242 g/mol. The predicted molar refractivity (Wildman–Crippen MR) is 78.4 cm³/mol. The number of amides is 1. The first kappa shape index (κ1) is 15.3. The van der Waals surface area contributed by atoms with Gasteiger partial charge in [0.25, 0.3) is 5.91 Å². The quantitative estimate of drug-likeness (QED) is 0.658. The normalized spacial score (nSPS) is 11.9. The summed E-state index contributed by atoms with van der Waals surface area (Å²) in [5.74, 6) is -0.108. The molecule has 1 aromatic rings. The SMILES string of the molecule is CCNC(=O)c1ccc(NCC(C)OCC)c(N)c1. The van der Waals surface area contributed by atoms with Gasteiger partial charge >= 0.3 is 0 Å². The summed E-state index contributed by atoms with van der Waals surface area (Å²) >= 11 is 0. The lowest BCUT2D eigenvalue weighted by Crippen LogP contribution is -2.23. The van der Waals surface area contributed by atoms with Crippen LogP contribution >= 0.6 is 0 Å². The van der Waals surface area contributed by atoms with E-state index in [0.717, 1.165) is 5.69 Å². The van der Waals surface area contributed by atoms with E-state index in [9.17, 15) is 4.79 Å². The van der Waals surface area contributed by atoms with Crippen LogP contribution in [-0.2, 0) is 4.74 Å². The highest BCUT2D eigenvalue weighted by Gasteiger charge is 2.08. The summed E-state index contributed by atoms with van der Waals surface area (Å²) < 4.78 is 5.43. The Morgan fingerprint density at radius 2 is 2.16 bits per heavy atom. The van der Waals surface area contributed by atoms with Gasteiger partial charge in [0.15, 0.2) is 0 Å². The molecule has 1 amide bonds. The monoisotopic (exact) mass is 265 g/mol. The summed E-state index contributed by atoms with van der Waals surface area (Å²) in [6.45, 7) is 7.81. The van der Waals surface area contributed by atoms with Crippen molar-refractivity contribution in [2.75, 3.05) is 30.7 Å². The van der Waals surface area contributed by atoms with Crippen molar-refractivity contribution < 1.29 is 9.53 Å². The van der Waals surface area contributed by atoms with Crippen LogP contribution < -0.4 is 16.4 Å². The lowest BCUT2D eigenvalue weighted by molar-refractivity contribution is 0.0855. The number of anilines is 2. The molecule has 0 bridgehead atoms. The van der Waals surface area contributed by atoms with Gasteiger partial charge in [-0.05, 0) is 39.0 Å². The fourth-order valence-electron chi connectivity index (χ4n) is 1.72. The number of nitrogen functional groups attached to an aromatic ring is 1. The average molecular weight is 265 g/mol. The van der Waals surface area contributed by atoms with E-state index in [2.05, 4.69) is 10.6 Å². The maximum atomic E-state index is 11.7. The molecule has 0 saturated heterocycles. The summed E-state index contributed by atoms with van der Waals surface area (Å²) in [6.07, 6.45) is 0.118. The zero-order chi connectivity index (χ0) is 14.3. The van der Waals surface area contributed by atoms with Crippen molar-refractivity contribution in [2.24, 2.45) is 0 Å². The first-order valence-electron chi connectivity index (χ1n) is 6.61. The van der Waals surface area contributed by atoms with Crippen LogP contribution in [0.2, 0.25) is 0 Å². The number of rotatable bonds is 7. The highest BCUT2D eigenvalue weighted by Crippen LogP contribution is 2.20. The maximum absolute atomic E-state index is 11.7. The van der Waals surface area contributed by atoms with Crippen molar-refractivity contribution >= 4 is 17.3 Å². The van der Waals surface area contributed by atoms with Crippen LogP contribution in [0.5, 0.6) is 0 Å². The van der Waals surface area contributed by atoms with Crippen molar-refractivity contribution in [3.8, 4) is 0 Å². The molecule has 0 radical (unpaired) electrons. The molecule has 0 heterocycles. The molecule has 0 aliphatic rings. The summed E-state index contributed by atoms with van der Waals surface area (Å²) in [5.41, 5.74) is 7.89. The minimum absolute atomic E-state index is 0.108. The number of nitrogens with two attached hydrogens (primary N) is 1. The Labute approximate surface area is 114 Å². The largest absolute Gasteiger partial charge is 0.397 e. The highest BCUT2D eigenvalue weighted by molar-refractivity contribution is 5.96. The number of nitrogens with one attached hydrogen (secondary N) is 2. The number of benzene rings is 1. The first-order chi connectivity index (χ1) is 9.08. The van der Waals surface area contributed by atoms with Crippen molar-refractivity contribution in [1.29, 1.82) is 0 Å². The topological polar surface area (TPSA) is 76.4 Å². The number of hydrogen-bond acceptors (Lipinski definition) is 4. The maximum Gasteiger partial charge on any atom is 0.251 e. The van der Waals surface area contributed by atoms with Gasteiger partial charge in [0.1, 0.15) is 0 Å². The molecule has 0 aliphatic carbocycles. The summed E-state index contributed by atoms with van der Waals surface area (Å²) in [5, 5.41) is 5.95. The van der Waals surface area contributed by atoms with Crippen LogP contribution in [0, 0.1) is 0 Å². The molecule has 1 atom stereocenters. The third-order valence-electron chi connectivity index (χ3n) is 2.68. The average Bonchev–Trinajstić information content (AvgIpc) is 2.38. The molecule has 106 valence electrons. The van der Waals surface area contributed by atoms with Crippen molar-refractivity contribution in [3.05, 3.63) is 23.8 Å². The first-order valence-corrected chi connectivity index (χ1v) is 6.61. The number of hydrogen-bond donors (Lipinski definition) is 3. The summed E-state index contributed by atoms with van der Waals surface area (Å²) in [7, 11) is 0. The third-order valence-corrected chi connectivity index (χ3v) is 2.68. The second-order valence-corrected chi connectivity index (χ2v) is 4.31. The summed E-state index contributed by atoms with van der Waals surface area (Å²) in [6, 6.07) is 5.26. The van der Waals surface area contributed by atoms with Gasteiger partial charge in [0, 0.05) is 25.3 Å². The second-order valence-electron chi connectivity index (χ2n) is 4.31. The smallest absolute Gasteiger partial charge is 0.251 e. The van der Waals surface area contributed by atoms with Gasteiger partial charge in [0.2, 0.25) is 0 Å². The van der Waals surface area contributed by atoms with E-state index in [-0.39, 0.29) is 12.0 Å². The molecule has 4 N–H and O–H groups in total. The molecule has 0 saturated carbocycles.